The first-order valence-corrected chi connectivity index (χ1v) is 10.7. The fourth-order valence-corrected chi connectivity index (χ4v) is 5.41. The van der Waals surface area contributed by atoms with Crippen LogP contribution in [0, 0.1) is 11.8 Å². The van der Waals surface area contributed by atoms with Crippen LogP contribution in [0.15, 0.2) is 72.9 Å². The van der Waals surface area contributed by atoms with E-state index < -0.39 is 17.4 Å². The Bertz CT molecular complexity index is 1200. The average molecular weight is 413 g/mol. The van der Waals surface area contributed by atoms with Crippen molar-refractivity contribution in [1.82, 2.24) is 9.88 Å². The number of aromatic amines is 1. The molecule has 0 unspecified atom stereocenters. The quantitative estimate of drug-likeness (QED) is 0.631. The molecule has 2 fully saturated rings. The lowest BCUT2D eigenvalue weighted by Crippen LogP contribution is -2.41. The molecule has 156 valence electrons. The average Bonchev–Trinajstić information content (AvgIpc) is 3.53. The van der Waals surface area contributed by atoms with Gasteiger partial charge in [-0.3, -0.25) is 9.59 Å². The van der Waals surface area contributed by atoms with E-state index in [-0.39, 0.29) is 17.9 Å². The van der Waals surface area contributed by atoms with E-state index in [4.69, 9.17) is 4.74 Å². The summed E-state index contributed by atoms with van der Waals surface area (Å²) in [6, 6.07) is 17.5. The third kappa shape index (κ3) is 2.82. The molecule has 1 spiro atoms. The summed E-state index contributed by atoms with van der Waals surface area (Å²) in [7, 11) is 0. The van der Waals surface area contributed by atoms with Crippen LogP contribution in [0.3, 0.4) is 0 Å². The van der Waals surface area contributed by atoms with Gasteiger partial charge < -0.3 is 19.9 Å². The summed E-state index contributed by atoms with van der Waals surface area (Å²) in [5.41, 5.74) is 2.34. The number of ether oxygens (including phenoxy) is 1. The molecule has 0 radical (unpaired) electrons. The highest BCUT2D eigenvalue weighted by Gasteiger charge is 2.66. The van der Waals surface area contributed by atoms with Gasteiger partial charge in [-0.2, -0.15) is 0 Å². The normalized spacial score (nSPS) is 28.5. The number of anilines is 1. The number of carbonyl (C=O) groups is 2. The minimum atomic E-state index is -0.680. The number of nitrogens with one attached hydrogen (secondary N) is 2. The van der Waals surface area contributed by atoms with Gasteiger partial charge in [-0.05, 0) is 30.2 Å². The van der Waals surface area contributed by atoms with Gasteiger partial charge in [0, 0.05) is 29.3 Å². The van der Waals surface area contributed by atoms with Crippen molar-refractivity contribution in [3.63, 3.8) is 0 Å². The van der Waals surface area contributed by atoms with Gasteiger partial charge >= 0.3 is 0 Å². The van der Waals surface area contributed by atoms with Gasteiger partial charge in [-0.1, -0.05) is 48.6 Å². The first kappa shape index (κ1) is 18.4. The molecule has 0 saturated carbocycles. The van der Waals surface area contributed by atoms with Gasteiger partial charge in [-0.15, -0.1) is 0 Å². The van der Waals surface area contributed by atoms with E-state index in [1.165, 1.54) is 10.9 Å². The van der Waals surface area contributed by atoms with Crippen molar-refractivity contribution in [3.05, 3.63) is 78.5 Å². The number of carbonyl (C=O) groups excluding carboxylic acids is 2. The minimum absolute atomic E-state index is 0.0138. The molecule has 2 amide bonds. The monoisotopic (exact) mass is 413 g/mol. The lowest BCUT2D eigenvalue weighted by molar-refractivity contribution is -0.135. The molecule has 3 aliphatic heterocycles. The molecular formula is C25H23N3O3. The van der Waals surface area contributed by atoms with E-state index in [0.29, 0.717) is 13.1 Å². The molecule has 4 heterocycles. The summed E-state index contributed by atoms with van der Waals surface area (Å²) in [5.74, 6) is -1.11. The zero-order chi connectivity index (χ0) is 21.0. The number of amides is 2. The molecule has 3 aliphatic rings. The number of aromatic nitrogens is 1. The number of H-pyrrole nitrogens is 1. The zero-order valence-corrected chi connectivity index (χ0v) is 17.0. The lowest BCUT2D eigenvalue weighted by atomic mass is 9.77. The molecule has 1 aromatic heterocycles. The van der Waals surface area contributed by atoms with Crippen molar-refractivity contribution in [2.45, 2.75) is 18.1 Å². The van der Waals surface area contributed by atoms with Crippen molar-refractivity contribution in [3.8, 4) is 0 Å². The van der Waals surface area contributed by atoms with Crippen molar-refractivity contribution in [1.29, 1.82) is 0 Å². The number of hydrogen-bond donors (Lipinski definition) is 2. The molecule has 0 aliphatic carbocycles. The molecule has 2 aromatic carbocycles. The van der Waals surface area contributed by atoms with Crippen LogP contribution in [-0.2, 0) is 20.7 Å². The van der Waals surface area contributed by atoms with E-state index in [0.717, 1.165) is 17.6 Å². The molecule has 31 heavy (non-hydrogen) atoms. The number of para-hydroxylation sites is 2. The molecule has 6 rings (SSSR count). The SMILES string of the molecule is O=C(Nc1ccccc1)[C@H]1[C@H]2C=C[C@]3(CN(CCc4c[nH]c5ccccc45)C(=O)[C@@H]13)O2. The minimum Gasteiger partial charge on any atom is -0.361 e. The fourth-order valence-electron chi connectivity index (χ4n) is 5.41. The molecule has 2 N–H and O–H groups in total. The molecule has 6 heteroatoms. The Kier molecular flexibility index (Phi) is 4.05. The van der Waals surface area contributed by atoms with E-state index in [9.17, 15) is 9.59 Å². The Hall–Kier alpha value is -3.38. The highest BCUT2D eigenvalue weighted by atomic mass is 16.5. The molecular weight excluding hydrogens is 390 g/mol. The Morgan fingerprint density at radius 2 is 1.97 bits per heavy atom. The van der Waals surface area contributed by atoms with Crippen molar-refractivity contribution in [2.75, 3.05) is 18.4 Å². The van der Waals surface area contributed by atoms with Gasteiger partial charge in [0.05, 0.1) is 24.5 Å². The van der Waals surface area contributed by atoms with E-state index in [1.807, 2.05) is 65.7 Å². The fraction of sp³-hybridized carbons (Fsp3) is 0.280. The van der Waals surface area contributed by atoms with Crippen LogP contribution in [0.25, 0.3) is 10.9 Å². The number of fused-ring (bicyclic) bond motifs is 2. The first-order chi connectivity index (χ1) is 15.1. The largest absolute Gasteiger partial charge is 0.361 e. The zero-order valence-electron chi connectivity index (χ0n) is 17.0. The Labute approximate surface area is 179 Å². The van der Waals surface area contributed by atoms with Gasteiger partial charge in [0.1, 0.15) is 5.60 Å². The summed E-state index contributed by atoms with van der Waals surface area (Å²) in [4.78, 5) is 31.6. The van der Waals surface area contributed by atoms with Crippen LogP contribution in [0.5, 0.6) is 0 Å². The van der Waals surface area contributed by atoms with Gasteiger partial charge in [0.15, 0.2) is 0 Å². The third-order valence-electron chi connectivity index (χ3n) is 6.85. The third-order valence-corrected chi connectivity index (χ3v) is 6.85. The van der Waals surface area contributed by atoms with Crippen molar-refractivity contribution >= 4 is 28.4 Å². The maximum Gasteiger partial charge on any atom is 0.231 e. The maximum absolute atomic E-state index is 13.4. The van der Waals surface area contributed by atoms with Gasteiger partial charge in [0.2, 0.25) is 11.8 Å². The second kappa shape index (κ2) is 6.82. The summed E-state index contributed by atoms with van der Waals surface area (Å²) >= 11 is 0. The second-order valence-electron chi connectivity index (χ2n) is 8.62. The summed E-state index contributed by atoms with van der Waals surface area (Å²) in [6.07, 6.45) is 6.38. The smallest absolute Gasteiger partial charge is 0.231 e. The van der Waals surface area contributed by atoms with Gasteiger partial charge in [0.25, 0.3) is 0 Å². The molecule has 3 aromatic rings. The summed E-state index contributed by atoms with van der Waals surface area (Å²) in [6.45, 7) is 1.11. The Morgan fingerprint density at radius 3 is 2.84 bits per heavy atom. The number of likely N-dealkylation sites (tertiary alicyclic amines) is 1. The van der Waals surface area contributed by atoms with E-state index >= 15 is 0 Å². The number of benzene rings is 2. The Morgan fingerprint density at radius 1 is 1.16 bits per heavy atom. The molecule has 4 atom stereocenters. The summed E-state index contributed by atoms with van der Waals surface area (Å²) < 4.78 is 6.22. The number of nitrogens with zero attached hydrogens (tertiary/aromatic N) is 1. The molecule has 6 nitrogen and oxygen atoms in total. The van der Waals surface area contributed by atoms with Crippen LogP contribution in [0.1, 0.15) is 5.56 Å². The molecule has 2 saturated heterocycles. The first-order valence-electron chi connectivity index (χ1n) is 10.7. The lowest BCUT2D eigenvalue weighted by Gasteiger charge is -2.23. The van der Waals surface area contributed by atoms with Crippen molar-refractivity contribution in [2.24, 2.45) is 11.8 Å². The Balaban J connectivity index is 1.21. The van der Waals surface area contributed by atoms with Gasteiger partial charge in [-0.25, -0.2) is 0 Å². The second-order valence-corrected chi connectivity index (χ2v) is 8.62. The van der Waals surface area contributed by atoms with Crippen LogP contribution < -0.4 is 5.32 Å². The van der Waals surface area contributed by atoms with Crippen LogP contribution in [0.2, 0.25) is 0 Å². The highest BCUT2D eigenvalue weighted by molar-refractivity contribution is 5.99. The van der Waals surface area contributed by atoms with Crippen molar-refractivity contribution < 1.29 is 14.3 Å². The predicted molar refractivity (Wildman–Crippen MR) is 117 cm³/mol. The number of hydrogen-bond acceptors (Lipinski definition) is 3. The molecule has 2 bridgehead atoms. The van der Waals surface area contributed by atoms with Crippen LogP contribution in [-0.4, -0.2) is 46.5 Å². The maximum atomic E-state index is 13.4. The van der Waals surface area contributed by atoms with Crippen LogP contribution >= 0.6 is 0 Å². The topological polar surface area (TPSA) is 74.4 Å². The predicted octanol–water partition coefficient (Wildman–Crippen LogP) is 3.13. The van der Waals surface area contributed by atoms with E-state index in [2.05, 4.69) is 22.4 Å². The standard InChI is InChI=1S/C25H23N3O3/c29-23(27-17-6-2-1-3-7-17)21-20-10-12-25(31-20)15-28(24(30)22(21)25)13-11-16-14-26-19-9-5-4-8-18(16)19/h1-10,12,14,20-22,26H,11,13,15H2,(H,27,29)/t20-,21+,22-,25-/m1/s1. The van der Waals surface area contributed by atoms with E-state index in [1.54, 1.807) is 0 Å². The van der Waals surface area contributed by atoms with Crippen LogP contribution in [0.4, 0.5) is 5.69 Å². The highest BCUT2D eigenvalue weighted by Crippen LogP contribution is 2.52. The summed E-state index contributed by atoms with van der Waals surface area (Å²) in [5, 5.41) is 4.15. The number of rotatable bonds is 5.